The lowest BCUT2D eigenvalue weighted by Gasteiger charge is -2.36. The number of pyridine rings is 1. The van der Waals surface area contributed by atoms with Gasteiger partial charge in [-0.1, -0.05) is 23.7 Å². The average molecular weight is 350 g/mol. The smallest absolute Gasteiger partial charge is 0.251 e. The van der Waals surface area contributed by atoms with Crippen LogP contribution >= 0.6 is 11.6 Å². The number of nitrogens with zero attached hydrogens (tertiary/aromatic N) is 3. The summed E-state index contributed by atoms with van der Waals surface area (Å²) >= 11 is 5.86. The van der Waals surface area contributed by atoms with Gasteiger partial charge in [0.25, 0.3) is 5.56 Å². The highest BCUT2D eigenvalue weighted by atomic mass is 35.5. The molecule has 1 aromatic carbocycles. The largest absolute Gasteiger partial charge is 0.366 e. The fourth-order valence-electron chi connectivity index (χ4n) is 2.78. The Hall–Kier alpha value is -2.34. The molecule has 1 fully saturated rings. The molecule has 3 rings (SSSR count). The Kier molecular flexibility index (Phi) is 4.85. The van der Waals surface area contributed by atoms with E-state index in [0.29, 0.717) is 36.9 Å². The maximum Gasteiger partial charge on any atom is 0.251 e. The summed E-state index contributed by atoms with van der Waals surface area (Å²) in [6.45, 7) is 2.04. The minimum absolute atomic E-state index is 0.0426. The number of hydrogen-bond donors (Lipinski definition) is 0. The highest BCUT2D eigenvalue weighted by molar-refractivity contribution is 6.30. The number of anilines is 1. The predicted octanol–water partition coefficient (Wildman–Crippen LogP) is 1.99. The fraction of sp³-hybridized carbons (Fsp3) is 0.294. The lowest BCUT2D eigenvalue weighted by molar-refractivity contribution is -0.132. The zero-order chi connectivity index (χ0) is 17.1. The Balaban J connectivity index is 1.62. The molecule has 0 saturated carbocycles. The minimum atomic E-state index is -0.266. The molecule has 1 aliphatic rings. The summed E-state index contributed by atoms with van der Waals surface area (Å²) in [5.41, 5.74) is 0.286. The molecule has 0 aliphatic carbocycles. The van der Waals surface area contributed by atoms with Crippen LogP contribution in [0.4, 0.5) is 10.1 Å². The Morgan fingerprint density at radius 2 is 1.79 bits per heavy atom. The van der Waals surface area contributed by atoms with Gasteiger partial charge in [-0.05, 0) is 18.2 Å². The van der Waals surface area contributed by atoms with Gasteiger partial charge in [0.15, 0.2) is 0 Å². The third kappa shape index (κ3) is 3.59. The topological polar surface area (TPSA) is 45.6 Å². The van der Waals surface area contributed by atoms with Crippen molar-refractivity contribution in [3.05, 3.63) is 63.8 Å². The Morgan fingerprint density at radius 1 is 1.08 bits per heavy atom. The number of para-hydroxylation sites is 1. The molecule has 5 nitrogen and oxygen atoms in total. The number of halogens is 2. The number of carbonyl (C=O) groups excluding carboxylic acids is 1. The van der Waals surface area contributed by atoms with Crippen LogP contribution in [0.3, 0.4) is 0 Å². The van der Waals surface area contributed by atoms with Gasteiger partial charge in [0.1, 0.15) is 12.4 Å². The summed E-state index contributed by atoms with van der Waals surface area (Å²) < 4.78 is 15.1. The van der Waals surface area contributed by atoms with E-state index in [1.54, 1.807) is 23.1 Å². The summed E-state index contributed by atoms with van der Waals surface area (Å²) in [5.74, 6) is -0.407. The molecule has 0 atom stereocenters. The van der Waals surface area contributed by atoms with Crippen LogP contribution in [0.2, 0.25) is 5.02 Å². The van der Waals surface area contributed by atoms with Gasteiger partial charge in [0.2, 0.25) is 5.91 Å². The zero-order valence-electron chi connectivity index (χ0n) is 13.0. The lowest BCUT2D eigenvalue weighted by atomic mass is 10.2. The van der Waals surface area contributed by atoms with Crippen LogP contribution in [0.25, 0.3) is 0 Å². The first-order chi connectivity index (χ1) is 11.5. The first kappa shape index (κ1) is 16.5. The van der Waals surface area contributed by atoms with Crippen molar-refractivity contribution in [2.45, 2.75) is 6.54 Å². The van der Waals surface area contributed by atoms with E-state index < -0.39 is 0 Å². The summed E-state index contributed by atoms with van der Waals surface area (Å²) in [6.07, 6.45) is 1.46. The standard InChI is InChI=1S/C17H17ClFN3O2/c18-13-5-6-16(23)22(11-13)12-17(24)21-9-7-20(8-10-21)15-4-2-1-3-14(15)19/h1-6,11H,7-10,12H2. The van der Waals surface area contributed by atoms with E-state index >= 15 is 0 Å². The maximum atomic E-state index is 13.8. The third-order valence-electron chi connectivity index (χ3n) is 4.08. The van der Waals surface area contributed by atoms with Crippen LogP contribution in [0.1, 0.15) is 0 Å². The van der Waals surface area contributed by atoms with E-state index in [9.17, 15) is 14.0 Å². The average Bonchev–Trinajstić information content (AvgIpc) is 2.59. The van der Waals surface area contributed by atoms with Crippen molar-refractivity contribution in [2.24, 2.45) is 0 Å². The monoisotopic (exact) mass is 349 g/mol. The molecule has 1 aliphatic heterocycles. The van der Waals surface area contributed by atoms with Crippen molar-refractivity contribution in [2.75, 3.05) is 31.1 Å². The van der Waals surface area contributed by atoms with Gasteiger partial charge in [0.05, 0.1) is 10.7 Å². The minimum Gasteiger partial charge on any atom is -0.366 e. The molecule has 1 saturated heterocycles. The molecule has 2 heterocycles. The SMILES string of the molecule is O=C(Cn1cc(Cl)ccc1=O)N1CCN(c2ccccc2F)CC1. The molecule has 7 heteroatoms. The molecule has 24 heavy (non-hydrogen) atoms. The van der Waals surface area contributed by atoms with Crippen molar-refractivity contribution < 1.29 is 9.18 Å². The number of hydrogen-bond acceptors (Lipinski definition) is 3. The molecule has 0 radical (unpaired) electrons. The van der Waals surface area contributed by atoms with Gasteiger partial charge in [-0.15, -0.1) is 0 Å². The molecule has 1 aromatic heterocycles. The van der Waals surface area contributed by atoms with Crippen LogP contribution in [0.15, 0.2) is 47.4 Å². The van der Waals surface area contributed by atoms with E-state index in [-0.39, 0.29) is 23.8 Å². The second-order valence-electron chi connectivity index (χ2n) is 5.63. The molecule has 0 bridgehead atoms. The summed E-state index contributed by atoms with van der Waals surface area (Å²) in [5, 5.41) is 0.409. The number of benzene rings is 1. The van der Waals surface area contributed by atoms with Gasteiger partial charge in [-0.25, -0.2) is 4.39 Å². The van der Waals surface area contributed by atoms with Gasteiger partial charge < -0.3 is 14.4 Å². The molecule has 0 spiro atoms. The van der Waals surface area contributed by atoms with Crippen LogP contribution < -0.4 is 10.5 Å². The van der Waals surface area contributed by atoms with Crippen LogP contribution in [-0.2, 0) is 11.3 Å². The van der Waals surface area contributed by atoms with Gasteiger partial charge in [-0.2, -0.15) is 0 Å². The van der Waals surface area contributed by atoms with Crippen LogP contribution in [0.5, 0.6) is 0 Å². The maximum absolute atomic E-state index is 13.8. The zero-order valence-corrected chi connectivity index (χ0v) is 13.7. The van der Waals surface area contributed by atoms with E-state index in [1.807, 2.05) is 4.90 Å². The van der Waals surface area contributed by atoms with Gasteiger partial charge in [0, 0.05) is 38.4 Å². The van der Waals surface area contributed by atoms with E-state index in [4.69, 9.17) is 11.6 Å². The lowest BCUT2D eigenvalue weighted by Crippen LogP contribution is -2.50. The summed E-state index contributed by atoms with van der Waals surface area (Å²) in [7, 11) is 0. The number of piperazine rings is 1. The number of carbonyl (C=O) groups is 1. The second-order valence-corrected chi connectivity index (χ2v) is 6.07. The normalized spacial score (nSPS) is 14.8. The van der Waals surface area contributed by atoms with Crippen molar-refractivity contribution in [3.8, 4) is 0 Å². The van der Waals surface area contributed by atoms with E-state index in [2.05, 4.69) is 0 Å². The Morgan fingerprint density at radius 3 is 2.50 bits per heavy atom. The van der Waals surface area contributed by atoms with Crippen LogP contribution in [-0.4, -0.2) is 41.6 Å². The Labute approximate surface area is 143 Å². The second kappa shape index (κ2) is 7.05. The molecular weight excluding hydrogens is 333 g/mol. The molecular formula is C17H17ClFN3O2. The van der Waals surface area contributed by atoms with Crippen molar-refractivity contribution in [1.29, 1.82) is 0 Å². The van der Waals surface area contributed by atoms with Crippen LogP contribution in [0, 0.1) is 5.82 Å². The fourth-order valence-corrected chi connectivity index (χ4v) is 2.96. The summed E-state index contributed by atoms with van der Waals surface area (Å²) in [6, 6.07) is 9.45. The number of aromatic nitrogens is 1. The summed E-state index contributed by atoms with van der Waals surface area (Å²) in [4.78, 5) is 27.7. The van der Waals surface area contributed by atoms with Crippen molar-refractivity contribution >= 4 is 23.2 Å². The van der Waals surface area contributed by atoms with Crippen molar-refractivity contribution in [3.63, 3.8) is 0 Å². The third-order valence-corrected chi connectivity index (χ3v) is 4.30. The molecule has 2 aromatic rings. The molecule has 0 unspecified atom stereocenters. The van der Waals surface area contributed by atoms with Gasteiger partial charge in [-0.3, -0.25) is 9.59 Å². The number of amides is 1. The molecule has 126 valence electrons. The van der Waals surface area contributed by atoms with Crippen molar-refractivity contribution in [1.82, 2.24) is 9.47 Å². The quantitative estimate of drug-likeness (QED) is 0.851. The number of rotatable bonds is 3. The molecule has 0 N–H and O–H groups in total. The highest BCUT2D eigenvalue weighted by Gasteiger charge is 2.22. The Bertz CT molecular complexity index is 800. The van der Waals surface area contributed by atoms with E-state index in [0.717, 1.165) is 0 Å². The first-order valence-corrected chi connectivity index (χ1v) is 8.05. The predicted molar refractivity (Wildman–Crippen MR) is 90.9 cm³/mol. The highest BCUT2D eigenvalue weighted by Crippen LogP contribution is 2.20. The van der Waals surface area contributed by atoms with Gasteiger partial charge >= 0.3 is 0 Å². The first-order valence-electron chi connectivity index (χ1n) is 7.68. The molecule has 1 amide bonds. The van der Waals surface area contributed by atoms with E-state index in [1.165, 1.54) is 29.0 Å².